The molecule has 0 spiro atoms. The van der Waals surface area contributed by atoms with Crippen LogP contribution in [0, 0.1) is 0 Å². The van der Waals surface area contributed by atoms with Gasteiger partial charge in [0.05, 0.1) is 21.3 Å². The fraction of sp³-hybridized carbons (Fsp3) is 0.533. The van der Waals surface area contributed by atoms with Crippen LogP contribution in [0.2, 0.25) is 10.0 Å². The molecule has 3 aliphatic rings. The van der Waals surface area contributed by atoms with Crippen molar-refractivity contribution in [2.45, 2.75) is 80.9 Å². The number of aryl methyl sites for hydroxylation is 1. The van der Waals surface area contributed by atoms with Crippen molar-refractivity contribution in [1.82, 2.24) is 19.8 Å². The van der Waals surface area contributed by atoms with Gasteiger partial charge in [0.25, 0.3) is 0 Å². The van der Waals surface area contributed by atoms with Crippen LogP contribution in [0.4, 0.5) is 0 Å². The number of hydrogen-bond acceptors (Lipinski definition) is 6. The van der Waals surface area contributed by atoms with E-state index in [4.69, 9.17) is 28.9 Å². The van der Waals surface area contributed by atoms with Crippen LogP contribution >= 0.6 is 23.2 Å². The van der Waals surface area contributed by atoms with Gasteiger partial charge in [-0.15, -0.1) is 0 Å². The summed E-state index contributed by atoms with van der Waals surface area (Å²) in [4.78, 5) is 31.6. The highest BCUT2D eigenvalue weighted by Crippen LogP contribution is 2.31. The van der Waals surface area contributed by atoms with Crippen molar-refractivity contribution in [3.8, 4) is 0 Å². The van der Waals surface area contributed by atoms with Gasteiger partial charge in [0.2, 0.25) is 21.8 Å². The van der Waals surface area contributed by atoms with Gasteiger partial charge in [-0.2, -0.15) is 0 Å². The number of hydrogen-bond donors (Lipinski definition) is 3. The number of sulfonamides is 1. The third-order valence-corrected chi connectivity index (χ3v) is 11.2. The van der Waals surface area contributed by atoms with Gasteiger partial charge in [0.1, 0.15) is 6.04 Å². The maximum absolute atomic E-state index is 14.1. The van der Waals surface area contributed by atoms with Crippen molar-refractivity contribution in [3.63, 3.8) is 0 Å². The topological polar surface area (TPSA) is 125 Å². The first-order valence-corrected chi connectivity index (χ1v) is 17.0. The van der Waals surface area contributed by atoms with E-state index in [0.29, 0.717) is 48.8 Å². The molecule has 9 nitrogen and oxygen atoms in total. The van der Waals surface area contributed by atoms with Crippen LogP contribution < -0.4 is 15.8 Å². The molecule has 2 amide bonds. The molecule has 12 heteroatoms. The summed E-state index contributed by atoms with van der Waals surface area (Å²) in [6, 6.07) is 14.2. The number of amides is 2. The number of nitrogens with one attached hydrogen (secondary N) is 2. The van der Waals surface area contributed by atoms with Crippen LogP contribution in [0.15, 0.2) is 48.5 Å². The second kappa shape index (κ2) is 13.6. The van der Waals surface area contributed by atoms with Crippen LogP contribution in [0.1, 0.15) is 49.7 Å². The van der Waals surface area contributed by atoms with Crippen LogP contribution in [0.5, 0.6) is 0 Å². The summed E-state index contributed by atoms with van der Waals surface area (Å²) >= 11 is 12.2. The summed E-state index contributed by atoms with van der Waals surface area (Å²) in [6.45, 7) is 1.31. The monoisotopic (exact) mass is 635 g/mol. The van der Waals surface area contributed by atoms with Crippen molar-refractivity contribution < 1.29 is 18.0 Å². The Balaban J connectivity index is 1.33. The minimum absolute atomic E-state index is 0.0683. The first kappa shape index (κ1) is 31.2. The Kier molecular flexibility index (Phi) is 10.1. The third kappa shape index (κ3) is 7.65. The number of fused-ring (bicyclic) bond motifs is 1. The molecule has 42 heavy (non-hydrogen) atoms. The molecule has 0 radical (unpaired) electrons. The average molecular weight is 637 g/mol. The molecule has 2 heterocycles. The lowest BCUT2D eigenvalue weighted by molar-refractivity contribution is -0.143. The van der Waals surface area contributed by atoms with E-state index in [-0.39, 0.29) is 48.7 Å². The normalized spacial score (nSPS) is 23.8. The van der Waals surface area contributed by atoms with Gasteiger partial charge in [-0.1, -0.05) is 59.6 Å². The molecule has 1 unspecified atom stereocenters. The highest BCUT2D eigenvalue weighted by Gasteiger charge is 2.45. The summed E-state index contributed by atoms with van der Waals surface area (Å²) in [6.07, 6.45) is 4.46. The molecule has 0 aromatic heterocycles. The van der Waals surface area contributed by atoms with Crippen LogP contribution in [-0.2, 0) is 32.6 Å². The Labute approximate surface area is 258 Å². The van der Waals surface area contributed by atoms with Gasteiger partial charge in [0.15, 0.2) is 0 Å². The molecule has 0 bridgehead atoms. The van der Waals surface area contributed by atoms with Crippen molar-refractivity contribution in [3.05, 3.63) is 69.7 Å². The van der Waals surface area contributed by atoms with Crippen molar-refractivity contribution in [2.75, 3.05) is 19.6 Å². The van der Waals surface area contributed by atoms with E-state index >= 15 is 0 Å². The van der Waals surface area contributed by atoms with E-state index in [0.717, 1.165) is 18.4 Å². The second-order valence-corrected chi connectivity index (χ2v) is 14.5. The number of halogens is 2. The third-order valence-electron chi connectivity index (χ3n) is 8.53. The van der Waals surface area contributed by atoms with Crippen molar-refractivity contribution in [2.24, 2.45) is 5.73 Å². The van der Waals surface area contributed by atoms with E-state index in [9.17, 15) is 18.0 Å². The largest absolute Gasteiger partial charge is 0.350 e. The van der Waals surface area contributed by atoms with E-state index in [2.05, 4.69) is 27.1 Å². The van der Waals surface area contributed by atoms with E-state index < -0.39 is 22.1 Å². The fourth-order valence-corrected chi connectivity index (χ4v) is 7.83. The summed E-state index contributed by atoms with van der Waals surface area (Å²) in [5.74, 6) is -0.457. The molecule has 2 aliphatic heterocycles. The highest BCUT2D eigenvalue weighted by molar-refractivity contribution is 7.90. The minimum atomic E-state index is -3.43. The summed E-state index contributed by atoms with van der Waals surface area (Å²) < 4.78 is 27.6. The zero-order valence-corrected chi connectivity index (χ0v) is 25.9. The second-order valence-electron chi connectivity index (χ2n) is 11.6. The van der Waals surface area contributed by atoms with Crippen LogP contribution in [0.25, 0.3) is 0 Å². The lowest BCUT2D eigenvalue weighted by Gasteiger charge is -2.32. The Bertz CT molecular complexity index is 1380. The summed E-state index contributed by atoms with van der Waals surface area (Å²) in [5, 5.41) is 3.39. The van der Waals surface area contributed by atoms with Crippen molar-refractivity contribution in [1.29, 1.82) is 0 Å². The molecule has 5 rings (SSSR count). The summed E-state index contributed by atoms with van der Waals surface area (Å²) in [5.41, 5.74) is 8.38. The molecule has 228 valence electrons. The zero-order chi connectivity index (χ0) is 29.9. The van der Waals surface area contributed by atoms with Gasteiger partial charge < -0.3 is 16.0 Å². The number of carbonyl (C=O) groups is 2. The first-order valence-electron chi connectivity index (χ1n) is 14.7. The van der Waals surface area contributed by atoms with Crippen LogP contribution in [0.3, 0.4) is 0 Å². The molecule has 1 aliphatic carbocycles. The van der Waals surface area contributed by atoms with Gasteiger partial charge >= 0.3 is 0 Å². The number of nitrogens with zero attached hydrogens (tertiary/aromatic N) is 2. The number of benzene rings is 2. The highest BCUT2D eigenvalue weighted by atomic mass is 35.5. The molecular weight excluding hydrogens is 597 g/mol. The molecule has 2 aromatic carbocycles. The zero-order valence-electron chi connectivity index (χ0n) is 23.6. The predicted molar refractivity (Wildman–Crippen MR) is 165 cm³/mol. The van der Waals surface area contributed by atoms with Gasteiger partial charge in [-0.25, -0.2) is 13.1 Å². The Hall–Kier alpha value is -2.21. The first-order chi connectivity index (χ1) is 20.1. The van der Waals surface area contributed by atoms with Gasteiger partial charge in [-0.05, 0) is 68.2 Å². The van der Waals surface area contributed by atoms with Crippen LogP contribution in [-0.4, -0.2) is 79.1 Å². The van der Waals surface area contributed by atoms with Gasteiger partial charge in [-0.3, -0.25) is 14.5 Å². The molecular formula is C30H39Cl2N5O4S. The molecule has 1 saturated carbocycles. The van der Waals surface area contributed by atoms with E-state index in [1.807, 2.05) is 18.2 Å². The molecule has 4 atom stereocenters. The maximum Gasteiger partial charge on any atom is 0.243 e. The maximum atomic E-state index is 14.1. The predicted octanol–water partition coefficient (Wildman–Crippen LogP) is 3.09. The van der Waals surface area contributed by atoms with E-state index in [1.54, 1.807) is 23.1 Å². The molecule has 4 N–H and O–H groups in total. The standard InChI is InChI=1S/C30H39Cl2N5O4S/c31-25-11-7-21(16-26(25)32)18-34-29(38)27(12-14-35-42(40,41)24-9-10-24)36-15-13-23(8-6-20-4-2-1-3-5-20)37-19-22(33)17-28(37)30(36)39/h1-5,7,11,16,22-24,27-28,35H,6,8-10,12-15,17-19,33H2,(H,34,38)/t22-,23?,27-,28+/m1/s1. The Morgan fingerprint density at radius 1 is 1.05 bits per heavy atom. The lowest BCUT2D eigenvalue weighted by Crippen LogP contribution is -2.54. The SMILES string of the molecule is N[C@@H]1C[C@H]2C(=O)N([C@H](CCNS(=O)(=O)C3CC3)C(=O)NCc3ccc(Cl)c(Cl)c3)CCC(CCc3ccccc3)N2C1. The average Bonchev–Trinajstić information content (AvgIpc) is 3.78. The number of rotatable bonds is 12. The Morgan fingerprint density at radius 2 is 1.81 bits per heavy atom. The lowest BCUT2D eigenvalue weighted by atomic mass is 10.0. The minimum Gasteiger partial charge on any atom is -0.350 e. The quantitative estimate of drug-likeness (QED) is 0.329. The number of carbonyl (C=O) groups excluding carboxylic acids is 2. The van der Waals surface area contributed by atoms with E-state index in [1.165, 1.54) is 5.56 Å². The van der Waals surface area contributed by atoms with Crippen molar-refractivity contribution >= 4 is 45.0 Å². The smallest absolute Gasteiger partial charge is 0.243 e. The number of nitrogens with two attached hydrogens (primary N) is 1. The summed E-state index contributed by atoms with van der Waals surface area (Å²) in [7, 11) is -3.43. The fourth-order valence-electron chi connectivity index (χ4n) is 6.11. The molecule has 2 saturated heterocycles. The molecule has 2 aromatic rings. The Morgan fingerprint density at radius 3 is 2.52 bits per heavy atom. The van der Waals surface area contributed by atoms with Gasteiger partial charge in [0, 0.05) is 38.3 Å². The molecule has 3 fully saturated rings.